The third kappa shape index (κ3) is 5.77. The van der Waals surface area contributed by atoms with Crippen molar-refractivity contribution in [2.75, 3.05) is 26.2 Å². The number of nitrogens with zero attached hydrogens (tertiary/aromatic N) is 4. The Balaban J connectivity index is 1.28. The summed E-state index contributed by atoms with van der Waals surface area (Å²) < 4.78 is 15.2. The van der Waals surface area contributed by atoms with E-state index in [-0.39, 0.29) is 17.8 Å². The van der Waals surface area contributed by atoms with Gasteiger partial charge in [-0.2, -0.15) is 5.10 Å². The molecule has 2 heterocycles. The van der Waals surface area contributed by atoms with Crippen LogP contribution >= 0.6 is 23.2 Å². The Labute approximate surface area is 248 Å². The maximum atomic E-state index is 14.0. The van der Waals surface area contributed by atoms with E-state index in [0.29, 0.717) is 58.9 Å². The average Bonchev–Trinajstić information content (AvgIpc) is 3.46. The van der Waals surface area contributed by atoms with Crippen molar-refractivity contribution in [2.24, 2.45) is 0 Å². The molecule has 5 nitrogen and oxygen atoms in total. The van der Waals surface area contributed by atoms with Gasteiger partial charge in [0.1, 0.15) is 11.5 Å². The normalized spacial score (nSPS) is 14.0. The summed E-state index contributed by atoms with van der Waals surface area (Å²) in [6.07, 6.45) is 0. The molecule has 206 valence electrons. The van der Waals surface area contributed by atoms with Crippen molar-refractivity contribution < 1.29 is 9.18 Å². The van der Waals surface area contributed by atoms with E-state index in [0.717, 1.165) is 0 Å². The molecule has 0 unspecified atom stereocenters. The summed E-state index contributed by atoms with van der Waals surface area (Å²) in [5.74, 6) is -0.469. The lowest BCUT2D eigenvalue weighted by atomic mass is 9.96. The van der Waals surface area contributed by atoms with Crippen LogP contribution in [0.15, 0.2) is 109 Å². The van der Waals surface area contributed by atoms with E-state index in [9.17, 15) is 9.18 Å². The molecule has 6 rings (SSSR count). The molecule has 0 N–H and O–H groups in total. The van der Waals surface area contributed by atoms with Gasteiger partial charge in [0.05, 0.1) is 27.5 Å². The van der Waals surface area contributed by atoms with Crippen LogP contribution in [0.25, 0.3) is 16.9 Å². The topological polar surface area (TPSA) is 41.4 Å². The van der Waals surface area contributed by atoms with Crippen molar-refractivity contribution in [3.8, 4) is 16.9 Å². The maximum absolute atomic E-state index is 14.0. The number of carbonyl (C=O) groups is 1. The Kier molecular flexibility index (Phi) is 7.88. The second kappa shape index (κ2) is 11.9. The van der Waals surface area contributed by atoms with Gasteiger partial charge in [-0.1, -0.05) is 83.9 Å². The molecular formula is C33H27Cl2FN4O. The number of piperazine rings is 1. The first-order chi connectivity index (χ1) is 20.0. The Morgan fingerprint density at radius 3 is 1.93 bits per heavy atom. The average molecular weight is 586 g/mol. The first-order valence-electron chi connectivity index (χ1n) is 13.4. The molecule has 1 amide bonds. The molecule has 1 fully saturated rings. The van der Waals surface area contributed by atoms with Crippen molar-refractivity contribution in [3.05, 3.63) is 142 Å². The van der Waals surface area contributed by atoms with Crippen LogP contribution in [0, 0.1) is 5.82 Å². The second-order valence-corrected chi connectivity index (χ2v) is 10.8. The minimum Gasteiger partial charge on any atom is -0.335 e. The highest BCUT2D eigenvalue weighted by molar-refractivity contribution is 6.42. The number of benzene rings is 4. The van der Waals surface area contributed by atoms with Crippen LogP contribution in [0.3, 0.4) is 0 Å². The third-order valence-corrected chi connectivity index (χ3v) is 8.15. The van der Waals surface area contributed by atoms with Gasteiger partial charge < -0.3 is 4.90 Å². The Morgan fingerprint density at radius 1 is 0.732 bits per heavy atom. The molecule has 0 radical (unpaired) electrons. The quantitative estimate of drug-likeness (QED) is 0.207. The molecule has 0 spiro atoms. The minimum atomic E-state index is -0.337. The largest absolute Gasteiger partial charge is 0.335 e. The molecule has 1 aliphatic rings. The second-order valence-electron chi connectivity index (χ2n) is 9.98. The van der Waals surface area contributed by atoms with Gasteiger partial charge in [0.2, 0.25) is 0 Å². The van der Waals surface area contributed by atoms with Crippen molar-refractivity contribution in [1.82, 2.24) is 19.6 Å². The maximum Gasteiger partial charge on any atom is 0.272 e. The monoisotopic (exact) mass is 584 g/mol. The Morgan fingerprint density at radius 2 is 1.34 bits per heavy atom. The van der Waals surface area contributed by atoms with Crippen molar-refractivity contribution in [3.63, 3.8) is 0 Å². The summed E-state index contributed by atoms with van der Waals surface area (Å²) in [6, 6.07) is 34.0. The molecular weight excluding hydrogens is 558 g/mol. The number of halogens is 3. The summed E-state index contributed by atoms with van der Waals surface area (Å²) in [4.78, 5) is 18.3. The Hall–Kier alpha value is -3.97. The number of carbonyl (C=O) groups excluding carboxylic acids is 1. The van der Waals surface area contributed by atoms with Gasteiger partial charge in [0, 0.05) is 31.7 Å². The molecule has 0 saturated carbocycles. The van der Waals surface area contributed by atoms with E-state index >= 15 is 0 Å². The van der Waals surface area contributed by atoms with Crippen LogP contribution in [0.4, 0.5) is 4.39 Å². The van der Waals surface area contributed by atoms with Crippen LogP contribution in [0.5, 0.6) is 0 Å². The summed E-state index contributed by atoms with van der Waals surface area (Å²) in [6.45, 7) is 2.55. The summed E-state index contributed by atoms with van der Waals surface area (Å²) in [5.41, 5.74) is 4.73. The van der Waals surface area contributed by atoms with E-state index in [1.54, 1.807) is 41.1 Å². The fourth-order valence-corrected chi connectivity index (χ4v) is 5.63. The highest BCUT2D eigenvalue weighted by Crippen LogP contribution is 2.31. The zero-order valence-electron chi connectivity index (χ0n) is 22.1. The molecule has 0 atom stereocenters. The zero-order chi connectivity index (χ0) is 28.3. The van der Waals surface area contributed by atoms with Gasteiger partial charge in [-0.3, -0.25) is 9.69 Å². The molecule has 0 bridgehead atoms. The molecule has 4 aromatic carbocycles. The highest BCUT2D eigenvalue weighted by Gasteiger charge is 2.30. The van der Waals surface area contributed by atoms with Crippen molar-refractivity contribution in [1.29, 1.82) is 0 Å². The standard InChI is InChI=1S/C33H27Cl2FN4O/c34-28-16-15-27(21-29(28)35)40-31(22-30(37-40)23-11-13-26(36)14-12-23)33(41)39-19-17-38(18-20-39)32(24-7-3-1-4-8-24)25-9-5-2-6-10-25/h1-16,21-22,32H,17-20H2. The van der Waals surface area contributed by atoms with Gasteiger partial charge in [-0.25, -0.2) is 9.07 Å². The van der Waals surface area contributed by atoms with E-state index < -0.39 is 0 Å². The van der Waals surface area contributed by atoms with Gasteiger partial charge >= 0.3 is 0 Å². The highest BCUT2D eigenvalue weighted by atomic mass is 35.5. The Bertz CT molecular complexity index is 1610. The summed E-state index contributed by atoms with van der Waals surface area (Å²) in [7, 11) is 0. The molecule has 1 aromatic heterocycles. The molecule has 5 aromatic rings. The van der Waals surface area contributed by atoms with Crippen LogP contribution in [0.1, 0.15) is 27.7 Å². The molecule has 8 heteroatoms. The van der Waals surface area contributed by atoms with Crippen LogP contribution < -0.4 is 0 Å². The number of amides is 1. The predicted octanol–water partition coefficient (Wildman–Crippen LogP) is 7.53. The number of rotatable bonds is 6. The van der Waals surface area contributed by atoms with E-state index in [4.69, 9.17) is 28.3 Å². The van der Waals surface area contributed by atoms with Crippen LogP contribution in [-0.4, -0.2) is 51.7 Å². The van der Waals surface area contributed by atoms with E-state index in [1.165, 1.54) is 23.3 Å². The van der Waals surface area contributed by atoms with Crippen molar-refractivity contribution in [2.45, 2.75) is 6.04 Å². The minimum absolute atomic E-state index is 0.0986. The van der Waals surface area contributed by atoms with Gasteiger partial charge in [0.25, 0.3) is 5.91 Å². The molecule has 41 heavy (non-hydrogen) atoms. The summed E-state index contributed by atoms with van der Waals surface area (Å²) in [5, 5.41) is 5.50. The molecule has 1 aliphatic heterocycles. The number of hydrogen-bond acceptors (Lipinski definition) is 3. The third-order valence-electron chi connectivity index (χ3n) is 7.41. The van der Waals surface area contributed by atoms with Gasteiger partial charge in [-0.15, -0.1) is 0 Å². The molecule has 1 saturated heterocycles. The smallest absolute Gasteiger partial charge is 0.272 e. The van der Waals surface area contributed by atoms with Gasteiger partial charge in [0.15, 0.2) is 0 Å². The van der Waals surface area contributed by atoms with Crippen molar-refractivity contribution >= 4 is 29.1 Å². The van der Waals surface area contributed by atoms with Gasteiger partial charge in [-0.05, 0) is 59.7 Å². The molecule has 0 aliphatic carbocycles. The SMILES string of the molecule is O=C(c1cc(-c2ccc(F)cc2)nn1-c1ccc(Cl)c(Cl)c1)N1CCN(C(c2ccccc2)c2ccccc2)CC1. The zero-order valence-corrected chi connectivity index (χ0v) is 23.6. The number of aromatic nitrogens is 2. The summed E-state index contributed by atoms with van der Waals surface area (Å²) >= 11 is 12.5. The lowest BCUT2D eigenvalue weighted by Gasteiger charge is -2.39. The number of hydrogen-bond donors (Lipinski definition) is 0. The van der Waals surface area contributed by atoms with Crippen LogP contribution in [-0.2, 0) is 0 Å². The fraction of sp³-hybridized carbons (Fsp3) is 0.152. The predicted molar refractivity (Wildman–Crippen MR) is 161 cm³/mol. The van der Waals surface area contributed by atoms with E-state index in [2.05, 4.69) is 53.4 Å². The first kappa shape index (κ1) is 27.2. The first-order valence-corrected chi connectivity index (χ1v) is 14.2. The lowest BCUT2D eigenvalue weighted by Crippen LogP contribution is -2.50. The lowest BCUT2D eigenvalue weighted by molar-refractivity contribution is 0.0588. The van der Waals surface area contributed by atoms with E-state index in [1.807, 2.05) is 17.0 Å². The van der Waals surface area contributed by atoms with Crippen LogP contribution in [0.2, 0.25) is 10.0 Å². The fourth-order valence-electron chi connectivity index (χ4n) is 5.34.